The van der Waals surface area contributed by atoms with Gasteiger partial charge in [0.25, 0.3) is 0 Å². The topological polar surface area (TPSA) is 29.5 Å². The molecule has 0 aliphatic heterocycles. The predicted molar refractivity (Wildman–Crippen MR) is 111 cm³/mol. The van der Waals surface area contributed by atoms with Gasteiger partial charge >= 0.3 is 0 Å². The number of ether oxygens (including phenoxy) is 1. The summed E-state index contributed by atoms with van der Waals surface area (Å²) >= 11 is 5.01. The van der Waals surface area contributed by atoms with Gasteiger partial charge in [-0.05, 0) is 105 Å². The average molecular weight is 381 g/mol. The molecule has 3 heteroatoms. The Balaban J connectivity index is 1.63. The second kappa shape index (κ2) is 6.95. The monoisotopic (exact) mass is 380 g/mol. The predicted octanol–water partition coefficient (Wildman–Crippen LogP) is 5.34. The van der Waals surface area contributed by atoms with Crippen molar-refractivity contribution in [2.24, 2.45) is 40.4 Å². The maximum atomic E-state index is 9.95. The third kappa shape index (κ3) is 2.90. The average Bonchev–Trinajstić information content (AvgIpc) is 2.96. The summed E-state index contributed by atoms with van der Waals surface area (Å²) in [6, 6.07) is 0. The Labute approximate surface area is 166 Å². The molecule has 4 fully saturated rings. The summed E-state index contributed by atoms with van der Waals surface area (Å²) in [5.74, 6) is 3.88. The lowest BCUT2D eigenvalue weighted by Gasteiger charge is -2.62. The van der Waals surface area contributed by atoms with Crippen LogP contribution in [0.4, 0.5) is 0 Å². The second-order valence-corrected chi connectivity index (χ2v) is 11.8. The molecule has 0 amide bonds. The molecule has 2 nitrogen and oxygen atoms in total. The summed E-state index contributed by atoms with van der Waals surface area (Å²) in [5, 5.41) is 9.95. The van der Waals surface area contributed by atoms with Gasteiger partial charge in [-0.25, -0.2) is 0 Å². The number of rotatable bonds is 4. The fourth-order valence-electron chi connectivity index (χ4n) is 8.22. The van der Waals surface area contributed by atoms with Gasteiger partial charge in [-0.1, -0.05) is 13.8 Å². The quantitative estimate of drug-likeness (QED) is 0.644. The van der Waals surface area contributed by atoms with Crippen LogP contribution in [0.1, 0.15) is 78.6 Å². The minimum atomic E-state index is 0.214. The number of fused-ring (bicyclic) bond motifs is 5. The second-order valence-electron chi connectivity index (χ2n) is 10.7. The van der Waals surface area contributed by atoms with Gasteiger partial charge in [0.15, 0.2) is 0 Å². The molecule has 1 unspecified atom stereocenters. The Bertz CT molecular complexity index is 520. The first-order chi connectivity index (χ1) is 12.4. The Hall–Kier alpha value is 0.270. The SMILES string of the molecule is CCOC[C@]12CCC(C)(S)C[C@@H]1CC[C@H]1[C@@H]3CC[C@H](CO)[C@@]3(C)CC[C@@H]12. The van der Waals surface area contributed by atoms with Crippen LogP contribution < -0.4 is 0 Å². The fraction of sp³-hybridized carbons (Fsp3) is 1.00. The zero-order valence-electron chi connectivity index (χ0n) is 17.2. The first-order valence-electron chi connectivity index (χ1n) is 11.3. The van der Waals surface area contributed by atoms with Gasteiger partial charge in [-0.3, -0.25) is 0 Å². The van der Waals surface area contributed by atoms with Gasteiger partial charge in [0, 0.05) is 18.0 Å². The van der Waals surface area contributed by atoms with Crippen LogP contribution in [0.2, 0.25) is 0 Å². The first-order valence-corrected chi connectivity index (χ1v) is 11.7. The van der Waals surface area contributed by atoms with Gasteiger partial charge < -0.3 is 9.84 Å². The number of hydrogen-bond acceptors (Lipinski definition) is 3. The van der Waals surface area contributed by atoms with Crippen molar-refractivity contribution in [1.29, 1.82) is 0 Å². The molecule has 4 rings (SSSR count). The number of thiol groups is 1. The largest absolute Gasteiger partial charge is 0.396 e. The van der Waals surface area contributed by atoms with E-state index in [0.29, 0.717) is 23.4 Å². The molecule has 1 N–H and O–H groups in total. The number of aliphatic hydroxyl groups excluding tert-OH is 1. The lowest BCUT2D eigenvalue weighted by molar-refractivity contribution is -0.153. The number of aliphatic hydroxyl groups is 1. The molecule has 0 aromatic rings. The molecule has 0 aromatic carbocycles. The highest BCUT2D eigenvalue weighted by Crippen LogP contribution is 2.68. The normalized spacial score (nSPS) is 53.7. The maximum absolute atomic E-state index is 9.95. The Morgan fingerprint density at radius 1 is 1.00 bits per heavy atom. The van der Waals surface area contributed by atoms with E-state index in [1.165, 1.54) is 57.8 Å². The van der Waals surface area contributed by atoms with Crippen LogP contribution in [-0.2, 0) is 4.74 Å². The Kier molecular flexibility index (Phi) is 5.24. The molecule has 8 atom stereocenters. The van der Waals surface area contributed by atoms with E-state index in [1.807, 2.05) is 0 Å². The molecule has 26 heavy (non-hydrogen) atoms. The molecule has 0 saturated heterocycles. The molecule has 0 heterocycles. The summed E-state index contributed by atoms with van der Waals surface area (Å²) in [6.45, 7) is 9.24. The van der Waals surface area contributed by atoms with E-state index < -0.39 is 0 Å². The molecule has 0 bridgehead atoms. The lowest BCUT2D eigenvalue weighted by Crippen LogP contribution is -2.57. The van der Waals surface area contributed by atoms with Crippen molar-refractivity contribution in [2.45, 2.75) is 83.3 Å². The van der Waals surface area contributed by atoms with E-state index in [9.17, 15) is 5.11 Å². The minimum Gasteiger partial charge on any atom is -0.396 e. The molecule has 4 aliphatic rings. The fourth-order valence-corrected chi connectivity index (χ4v) is 8.55. The smallest absolute Gasteiger partial charge is 0.0527 e. The first kappa shape index (κ1) is 19.6. The summed E-state index contributed by atoms with van der Waals surface area (Å²) in [6.07, 6.45) is 11.9. The van der Waals surface area contributed by atoms with Crippen molar-refractivity contribution < 1.29 is 9.84 Å². The summed E-state index contributed by atoms with van der Waals surface area (Å²) in [7, 11) is 0. The van der Waals surface area contributed by atoms with Crippen molar-refractivity contribution in [3.05, 3.63) is 0 Å². The summed E-state index contributed by atoms with van der Waals surface area (Å²) in [4.78, 5) is 0. The van der Waals surface area contributed by atoms with Crippen molar-refractivity contribution in [2.75, 3.05) is 19.8 Å². The van der Waals surface area contributed by atoms with Gasteiger partial charge in [0.05, 0.1) is 6.61 Å². The zero-order valence-corrected chi connectivity index (χ0v) is 18.1. The molecule has 0 aromatic heterocycles. The van der Waals surface area contributed by atoms with Crippen LogP contribution in [0.25, 0.3) is 0 Å². The lowest BCUT2D eigenvalue weighted by atomic mass is 9.44. The zero-order chi connectivity index (χ0) is 18.6. The van der Waals surface area contributed by atoms with Crippen LogP contribution >= 0.6 is 12.6 Å². The van der Waals surface area contributed by atoms with E-state index >= 15 is 0 Å². The standard InChI is InChI=1S/C23H40O2S/c1-4-25-15-23-12-11-21(2,26)13-16(23)5-7-18-19-8-6-17(14-24)22(19,3)10-9-20(18)23/h16-20,24,26H,4-15H2,1-3H3/t16-,17+,18-,19-,20-,21?,22+,23+/m0/s1. The van der Waals surface area contributed by atoms with Gasteiger partial charge in [-0.15, -0.1) is 0 Å². The van der Waals surface area contributed by atoms with E-state index in [0.717, 1.165) is 36.9 Å². The molecule has 4 saturated carbocycles. The van der Waals surface area contributed by atoms with Gasteiger partial charge in [0.2, 0.25) is 0 Å². The maximum Gasteiger partial charge on any atom is 0.0527 e. The highest BCUT2D eigenvalue weighted by atomic mass is 32.1. The Morgan fingerprint density at radius 2 is 1.81 bits per heavy atom. The van der Waals surface area contributed by atoms with Crippen LogP contribution in [0.3, 0.4) is 0 Å². The molecular formula is C23H40O2S. The summed E-state index contributed by atoms with van der Waals surface area (Å²) < 4.78 is 6.38. The van der Waals surface area contributed by atoms with Crippen molar-refractivity contribution >= 4 is 12.6 Å². The van der Waals surface area contributed by atoms with Gasteiger partial charge in [-0.2, -0.15) is 12.6 Å². The Morgan fingerprint density at radius 3 is 2.54 bits per heavy atom. The van der Waals surface area contributed by atoms with E-state index in [1.54, 1.807) is 0 Å². The minimum absolute atomic E-state index is 0.214. The molecule has 0 radical (unpaired) electrons. The van der Waals surface area contributed by atoms with E-state index in [-0.39, 0.29) is 4.75 Å². The highest BCUT2D eigenvalue weighted by Gasteiger charge is 2.62. The molecule has 0 spiro atoms. The van der Waals surface area contributed by atoms with Crippen LogP contribution in [0.5, 0.6) is 0 Å². The third-order valence-corrected chi connectivity index (χ3v) is 10.1. The van der Waals surface area contributed by atoms with E-state index in [2.05, 4.69) is 20.8 Å². The van der Waals surface area contributed by atoms with Crippen molar-refractivity contribution in [1.82, 2.24) is 0 Å². The van der Waals surface area contributed by atoms with Crippen molar-refractivity contribution in [3.63, 3.8) is 0 Å². The van der Waals surface area contributed by atoms with E-state index in [4.69, 9.17) is 17.4 Å². The highest BCUT2D eigenvalue weighted by molar-refractivity contribution is 7.81. The van der Waals surface area contributed by atoms with Crippen LogP contribution in [0.15, 0.2) is 0 Å². The molecule has 4 aliphatic carbocycles. The third-order valence-electron chi connectivity index (χ3n) is 9.64. The summed E-state index contributed by atoms with van der Waals surface area (Å²) in [5.41, 5.74) is 0.794. The number of hydrogen-bond donors (Lipinski definition) is 2. The van der Waals surface area contributed by atoms with Crippen LogP contribution in [-0.4, -0.2) is 29.7 Å². The van der Waals surface area contributed by atoms with Crippen molar-refractivity contribution in [3.8, 4) is 0 Å². The molecule has 150 valence electrons. The molecular weight excluding hydrogens is 340 g/mol. The van der Waals surface area contributed by atoms with Crippen LogP contribution in [0, 0.1) is 40.4 Å². The van der Waals surface area contributed by atoms with Gasteiger partial charge in [0.1, 0.15) is 0 Å².